The van der Waals surface area contributed by atoms with Crippen LogP contribution in [0.3, 0.4) is 0 Å². The van der Waals surface area contributed by atoms with Gasteiger partial charge in [-0.3, -0.25) is 0 Å². The highest BCUT2D eigenvalue weighted by atomic mass is 16.5. The third-order valence-corrected chi connectivity index (χ3v) is 5.09. The summed E-state index contributed by atoms with van der Waals surface area (Å²) in [5, 5.41) is 2.90. The summed E-state index contributed by atoms with van der Waals surface area (Å²) < 4.78 is 12.7. The first kappa shape index (κ1) is 17.9. The lowest BCUT2D eigenvalue weighted by Gasteiger charge is -2.09. The van der Waals surface area contributed by atoms with Gasteiger partial charge in [-0.25, -0.2) is 4.79 Å². The molecule has 28 heavy (non-hydrogen) atoms. The van der Waals surface area contributed by atoms with Crippen molar-refractivity contribution in [2.45, 2.75) is 6.92 Å². The van der Waals surface area contributed by atoms with Gasteiger partial charge in [-0.15, -0.1) is 0 Å². The van der Waals surface area contributed by atoms with E-state index in [1.165, 1.54) is 0 Å². The molecule has 0 radical (unpaired) electrons. The second kappa shape index (κ2) is 6.93. The Morgan fingerprint density at radius 1 is 1.07 bits per heavy atom. The van der Waals surface area contributed by atoms with E-state index in [1.54, 1.807) is 14.0 Å². The molecule has 1 heterocycles. The van der Waals surface area contributed by atoms with Crippen LogP contribution < -0.4 is 10.5 Å². The van der Waals surface area contributed by atoms with Crippen LogP contribution >= 0.6 is 0 Å². The van der Waals surface area contributed by atoms with Crippen LogP contribution in [0.2, 0.25) is 0 Å². The SMILES string of the molecule is CCOC(=O)c1c(-c2ccc3ccccc3c2)n(C)c2ccc(OC)c(N)c12. The van der Waals surface area contributed by atoms with E-state index in [4.69, 9.17) is 15.2 Å². The highest BCUT2D eigenvalue weighted by Crippen LogP contribution is 2.40. The van der Waals surface area contributed by atoms with Crippen molar-refractivity contribution in [3.8, 4) is 17.0 Å². The van der Waals surface area contributed by atoms with E-state index in [1.807, 2.05) is 41.9 Å². The van der Waals surface area contributed by atoms with Crippen LogP contribution in [-0.2, 0) is 11.8 Å². The number of rotatable bonds is 4. The number of hydrogen-bond acceptors (Lipinski definition) is 4. The zero-order chi connectivity index (χ0) is 19.8. The molecule has 5 heteroatoms. The lowest BCUT2D eigenvalue weighted by Crippen LogP contribution is -2.07. The topological polar surface area (TPSA) is 66.5 Å². The quantitative estimate of drug-likeness (QED) is 0.413. The third kappa shape index (κ3) is 2.67. The van der Waals surface area contributed by atoms with E-state index < -0.39 is 5.97 Å². The maximum Gasteiger partial charge on any atom is 0.341 e. The molecule has 0 fully saturated rings. The molecular formula is C23H22N2O3. The molecule has 0 bridgehead atoms. The summed E-state index contributed by atoms with van der Waals surface area (Å²) >= 11 is 0. The molecule has 0 aliphatic rings. The molecule has 4 rings (SSSR count). The molecule has 3 aromatic carbocycles. The molecule has 1 aromatic heterocycles. The number of carbonyl (C=O) groups is 1. The lowest BCUT2D eigenvalue weighted by atomic mass is 10.0. The van der Waals surface area contributed by atoms with Gasteiger partial charge in [0.15, 0.2) is 0 Å². The molecule has 142 valence electrons. The zero-order valence-electron chi connectivity index (χ0n) is 16.2. The Morgan fingerprint density at radius 2 is 1.82 bits per heavy atom. The van der Waals surface area contributed by atoms with Crippen LogP contribution in [0, 0.1) is 0 Å². The second-order valence-corrected chi connectivity index (χ2v) is 6.64. The summed E-state index contributed by atoms with van der Waals surface area (Å²) in [4.78, 5) is 12.9. The number of ether oxygens (including phenoxy) is 2. The molecule has 0 amide bonds. The molecule has 4 aromatic rings. The van der Waals surface area contributed by atoms with Gasteiger partial charge in [0.2, 0.25) is 0 Å². The number of anilines is 1. The standard InChI is InChI=1S/C23H22N2O3/c1-4-28-23(26)20-19-17(11-12-18(27-3)21(19)24)25(2)22(20)16-10-9-14-7-5-6-8-15(14)13-16/h5-13H,4,24H2,1-3H3. The Bertz CT molecular complexity index is 1210. The van der Waals surface area contributed by atoms with E-state index in [9.17, 15) is 4.79 Å². The number of nitrogens with zero attached hydrogens (tertiary/aromatic N) is 1. The van der Waals surface area contributed by atoms with Gasteiger partial charge in [-0.2, -0.15) is 0 Å². The molecule has 0 saturated heterocycles. The van der Waals surface area contributed by atoms with E-state index in [0.29, 0.717) is 22.4 Å². The fourth-order valence-electron chi connectivity index (χ4n) is 3.79. The number of aryl methyl sites for hydroxylation is 1. The van der Waals surface area contributed by atoms with E-state index >= 15 is 0 Å². The van der Waals surface area contributed by atoms with Gasteiger partial charge in [0.25, 0.3) is 0 Å². The van der Waals surface area contributed by atoms with Crippen LogP contribution in [-0.4, -0.2) is 24.3 Å². The Balaban J connectivity index is 2.08. The van der Waals surface area contributed by atoms with Crippen LogP contribution in [0.15, 0.2) is 54.6 Å². The van der Waals surface area contributed by atoms with Gasteiger partial charge in [0.1, 0.15) is 5.75 Å². The Hall–Kier alpha value is -3.47. The van der Waals surface area contributed by atoms with Crippen molar-refractivity contribution < 1.29 is 14.3 Å². The smallest absolute Gasteiger partial charge is 0.341 e. The number of methoxy groups -OCH3 is 1. The van der Waals surface area contributed by atoms with Crippen LogP contribution in [0.4, 0.5) is 5.69 Å². The Kier molecular flexibility index (Phi) is 4.43. The average molecular weight is 374 g/mol. The molecule has 0 saturated carbocycles. The summed E-state index contributed by atoms with van der Waals surface area (Å²) in [6, 6.07) is 18.0. The minimum absolute atomic E-state index is 0.288. The first-order chi connectivity index (χ1) is 13.6. The van der Waals surface area contributed by atoms with E-state index in [0.717, 1.165) is 27.5 Å². The molecule has 5 nitrogen and oxygen atoms in total. The van der Waals surface area contributed by atoms with Crippen molar-refractivity contribution in [3.63, 3.8) is 0 Å². The fourth-order valence-corrected chi connectivity index (χ4v) is 3.79. The maximum absolute atomic E-state index is 12.9. The van der Waals surface area contributed by atoms with Crippen LogP contribution in [0.5, 0.6) is 5.75 Å². The summed E-state index contributed by atoms with van der Waals surface area (Å²) in [5.74, 6) is 0.143. The number of fused-ring (bicyclic) bond motifs is 2. The maximum atomic E-state index is 12.9. The molecular weight excluding hydrogens is 352 g/mol. The normalized spacial score (nSPS) is 11.1. The average Bonchev–Trinajstić information content (AvgIpc) is 3.01. The summed E-state index contributed by atoms with van der Waals surface area (Å²) in [6.07, 6.45) is 0. The molecule has 0 atom stereocenters. The number of nitrogens with two attached hydrogens (primary N) is 1. The van der Waals surface area contributed by atoms with Crippen molar-refractivity contribution in [1.29, 1.82) is 0 Å². The largest absolute Gasteiger partial charge is 0.495 e. The van der Waals surface area contributed by atoms with Crippen molar-refractivity contribution in [1.82, 2.24) is 4.57 Å². The highest BCUT2D eigenvalue weighted by molar-refractivity contribution is 6.15. The Morgan fingerprint density at radius 3 is 2.54 bits per heavy atom. The third-order valence-electron chi connectivity index (χ3n) is 5.09. The van der Waals surface area contributed by atoms with Crippen LogP contribution in [0.1, 0.15) is 17.3 Å². The van der Waals surface area contributed by atoms with Gasteiger partial charge in [-0.05, 0) is 41.5 Å². The first-order valence-corrected chi connectivity index (χ1v) is 9.18. The van der Waals surface area contributed by atoms with Gasteiger partial charge < -0.3 is 19.8 Å². The minimum Gasteiger partial charge on any atom is -0.495 e. The number of esters is 1. The van der Waals surface area contributed by atoms with Gasteiger partial charge in [-0.1, -0.05) is 36.4 Å². The van der Waals surface area contributed by atoms with Gasteiger partial charge in [0.05, 0.1) is 36.2 Å². The van der Waals surface area contributed by atoms with Crippen LogP contribution in [0.25, 0.3) is 32.9 Å². The predicted molar refractivity (Wildman–Crippen MR) is 113 cm³/mol. The number of benzene rings is 3. The minimum atomic E-state index is -0.392. The number of hydrogen-bond donors (Lipinski definition) is 1. The first-order valence-electron chi connectivity index (χ1n) is 9.18. The van der Waals surface area contributed by atoms with Gasteiger partial charge in [0, 0.05) is 12.4 Å². The molecule has 0 aliphatic heterocycles. The van der Waals surface area contributed by atoms with E-state index in [-0.39, 0.29) is 6.61 Å². The summed E-state index contributed by atoms with van der Waals surface area (Å²) in [6.45, 7) is 2.08. The molecule has 2 N–H and O–H groups in total. The molecule has 0 unspecified atom stereocenters. The second-order valence-electron chi connectivity index (χ2n) is 6.64. The number of carbonyl (C=O) groups excluding carboxylic acids is 1. The summed E-state index contributed by atoms with van der Waals surface area (Å²) in [7, 11) is 3.50. The predicted octanol–water partition coefficient (Wildman–Crippen LogP) is 4.77. The van der Waals surface area contributed by atoms with Crippen molar-refractivity contribution in [3.05, 3.63) is 60.2 Å². The number of aromatic nitrogens is 1. The lowest BCUT2D eigenvalue weighted by molar-refractivity contribution is 0.0529. The molecule has 0 spiro atoms. The zero-order valence-corrected chi connectivity index (χ0v) is 16.2. The van der Waals surface area contributed by atoms with Crippen molar-refractivity contribution >= 4 is 33.3 Å². The fraction of sp³-hybridized carbons (Fsp3) is 0.174. The highest BCUT2D eigenvalue weighted by Gasteiger charge is 2.26. The monoisotopic (exact) mass is 374 g/mol. The van der Waals surface area contributed by atoms with Gasteiger partial charge >= 0.3 is 5.97 Å². The van der Waals surface area contributed by atoms with E-state index in [2.05, 4.69) is 24.3 Å². The molecule has 0 aliphatic carbocycles. The Labute approximate surface area is 163 Å². The summed E-state index contributed by atoms with van der Waals surface area (Å²) in [5.41, 5.74) is 9.83. The number of nitrogen functional groups attached to an aromatic ring is 1. The van der Waals surface area contributed by atoms with Crippen molar-refractivity contribution in [2.75, 3.05) is 19.5 Å². The van der Waals surface area contributed by atoms with Crippen molar-refractivity contribution in [2.24, 2.45) is 7.05 Å².